The maximum atomic E-state index is 5.79. The lowest BCUT2D eigenvalue weighted by Crippen LogP contribution is -2.36. The fourth-order valence-corrected chi connectivity index (χ4v) is 1.92. The zero-order valence-electron chi connectivity index (χ0n) is 8.31. The predicted octanol–water partition coefficient (Wildman–Crippen LogP) is 0.996. The monoisotopic (exact) mass is 193 g/mol. The van der Waals surface area contributed by atoms with Gasteiger partial charge in [0.05, 0.1) is 12.4 Å². The molecule has 0 spiro atoms. The van der Waals surface area contributed by atoms with Gasteiger partial charge in [-0.3, -0.25) is 0 Å². The Bertz CT molecular complexity index is 278. The van der Waals surface area contributed by atoms with E-state index in [0.29, 0.717) is 6.04 Å². The van der Waals surface area contributed by atoms with Gasteiger partial charge in [-0.2, -0.15) is 0 Å². The fraction of sp³-hybridized carbons (Fsp3) is 0.600. The standard InChI is InChI=1S/C10H15N3O/c1-11-9-3-2-4-10(9)14-8-5-12-7-13-6-8/h5-7,9-11H,2-4H2,1H3/t9-,10-/m0/s1. The van der Waals surface area contributed by atoms with Crippen LogP contribution in [0.25, 0.3) is 0 Å². The fourth-order valence-electron chi connectivity index (χ4n) is 1.92. The molecule has 1 fully saturated rings. The van der Waals surface area contributed by atoms with E-state index in [0.717, 1.165) is 12.2 Å². The number of nitrogens with one attached hydrogen (secondary N) is 1. The van der Waals surface area contributed by atoms with Crippen LogP contribution in [0.5, 0.6) is 5.75 Å². The summed E-state index contributed by atoms with van der Waals surface area (Å²) in [5.41, 5.74) is 0. The van der Waals surface area contributed by atoms with Gasteiger partial charge < -0.3 is 10.1 Å². The molecule has 2 atom stereocenters. The molecule has 0 aromatic carbocycles. The van der Waals surface area contributed by atoms with E-state index in [2.05, 4.69) is 15.3 Å². The van der Waals surface area contributed by atoms with Gasteiger partial charge in [0.1, 0.15) is 12.4 Å². The third kappa shape index (κ3) is 2.01. The topological polar surface area (TPSA) is 47.0 Å². The summed E-state index contributed by atoms with van der Waals surface area (Å²) in [4.78, 5) is 7.84. The second-order valence-corrected chi connectivity index (χ2v) is 3.56. The molecule has 1 aromatic heterocycles. The van der Waals surface area contributed by atoms with Crippen molar-refractivity contribution in [2.75, 3.05) is 7.05 Å². The van der Waals surface area contributed by atoms with Crippen LogP contribution in [0.3, 0.4) is 0 Å². The SMILES string of the molecule is CN[C@H]1CCC[C@@H]1Oc1cncnc1. The summed E-state index contributed by atoms with van der Waals surface area (Å²) in [6.07, 6.45) is 8.72. The Labute approximate surface area is 83.7 Å². The number of aromatic nitrogens is 2. The van der Waals surface area contributed by atoms with Crippen LogP contribution in [0.2, 0.25) is 0 Å². The van der Waals surface area contributed by atoms with Gasteiger partial charge in [0.15, 0.2) is 5.75 Å². The number of ether oxygens (including phenoxy) is 1. The van der Waals surface area contributed by atoms with Crippen molar-refractivity contribution in [1.82, 2.24) is 15.3 Å². The number of hydrogen-bond donors (Lipinski definition) is 1. The molecule has 76 valence electrons. The minimum absolute atomic E-state index is 0.269. The number of rotatable bonds is 3. The van der Waals surface area contributed by atoms with Crippen molar-refractivity contribution in [2.45, 2.75) is 31.4 Å². The predicted molar refractivity (Wildman–Crippen MR) is 53.1 cm³/mol. The molecule has 0 amide bonds. The Morgan fingerprint density at radius 1 is 1.36 bits per heavy atom. The maximum Gasteiger partial charge on any atom is 0.156 e. The van der Waals surface area contributed by atoms with E-state index in [9.17, 15) is 0 Å². The molecular formula is C10H15N3O. The molecule has 1 aliphatic rings. The summed E-state index contributed by atoms with van der Waals surface area (Å²) in [7, 11) is 1.98. The van der Waals surface area contributed by atoms with Crippen LogP contribution < -0.4 is 10.1 Å². The molecule has 1 saturated carbocycles. The average molecular weight is 193 g/mol. The largest absolute Gasteiger partial charge is 0.486 e. The smallest absolute Gasteiger partial charge is 0.156 e. The van der Waals surface area contributed by atoms with Crippen molar-refractivity contribution in [3.8, 4) is 5.75 Å². The first-order chi connectivity index (χ1) is 6.90. The Morgan fingerprint density at radius 2 is 2.14 bits per heavy atom. The van der Waals surface area contributed by atoms with E-state index in [4.69, 9.17) is 4.74 Å². The van der Waals surface area contributed by atoms with Crippen molar-refractivity contribution in [3.05, 3.63) is 18.7 Å². The lowest BCUT2D eigenvalue weighted by molar-refractivity contribution is 0.177. The Balaban J connectivity index is 1.97. The van der Waals surface area contributed by atoms with E-state index >= 15 is 0 Å². The quantitative estimate of drug-likeness (QED) is 0.777. The molecule has 14 heavy (non-hydrogen) atoms. The van der Waals surface area contributed by atoms with Gasteiger partial charge in [0, 0.05) is 6.04 Å². The molecule has 0 radical (unpaired) electrons. The molecule has 1 N–H and O–H groups in total. The second kappa shape index (κ2) is 4.37. The molecule has 1 heterocycles. The van der Waals surface area contributed by atoms with Gasteiger partial charge in [-0.25, -0.2) is 9.97 Å². The summed E-state index contributed by atoms with van der Waals surface area (Å²) >= 11 is 0. The van der Waals surface area contributed by atoms with Crippen molar-refractivity contribution >= 4 is 0 Å². The summed E-state index contributed by atoms with van der Waals surface area (Å²) in [6.45, 7) is 0. The first kappa shape index (κ1) is 9.40. The van der Waals surface area contributed by atoms with Crippen LogP contribution in [0, 0.1) is 0 Å². The van der Waals surface area contributed by atoms with E-state index in [-0.39, 0.29) is 6.10 Å². The third-order valence-electron chi connectivity index (χ3n) is 2.65. The second-order valence-electron chi connectivity index (χ2n) is 3.56. The Hall–Kier alpha value is -1.16. The summed E-state index contributed by atoms with van der Waals surface area (Å²) < 4.78 is 5.79. The molecule has 4 nitrogen and oxygen atoms in total. The van der Waals surface area contributed by atoms with Crippen LogP contribution in [0.15, 0.2) is 18.7 Å². The van der Waals surface area contributed by atoms with Crippen molar-refractivity contribution in [2.24, 2.45) is 0 Å². The minimum atomic E-state index is 0.269. The number of hydrogen-bond acceptors (Lipinski definition) is 4. The highest BCUT2D eigenvalue weighted by molar-refractivity contribution is 5.11. The molecule has 0 saturated heterocycles. The zero-order chi connectivity index (χ0) is 9.80. The molecule has 1 aliphatic carbocycles. The molecule has 4 heteroatoms. The van der Waals surface area contributed by atoms with Crippen LogP contribution in [0.1, 0.15) is 19.3 Å². The molecule has 0 bridgehead atoms. The van der Waals surface area contributed by atoms with E-state index in [1.807, 2.05) is 7.05 Å². The minimum Gasteiger partial charge on any atom is -0.486 e. The third-order valence-corrected chi connectivity index (χ3v) is 2.65. The van der Waals surface area contributed by atoms with E-state index < -0.39 is 0 Å². The lowest BCUT2D eigenvalue weighted by Gasteiger charge is -2.19. The highest BCUT2D eigenvalue weighted by Crippen LogP contribution is 2.23. The maximum absolute atomic E-state index is 5.79. The lowest BCUT2D eigenvalue weighted by atomic mass is 10.2. The molecule has 0 unspecified atom stereocenters. The van der Waals surface area contributed by atoms with Gasteiger partial charge in [-0.05, 0) is 26.3 Å². The highest BCUT2D eigenvalue weighted by atomic mass is 16.5. The van der Waals surface area contributed by atoms with Crippen LogP contribution in [-0.4, -0.2) is 29.2 Å². The normalized spacial score (nSPS) is 26.4. The van der Waals surface area contributed by atoms with Crippen LogP contribution in [-0.2, 0) is 0 Å². The van der Waals surface area contributed by atoms with Gasteiger partial charge in [-0.1, -0.05) is 0 Å². The molecular weight excluding hydrogens is 178 g/mol. The highest BCUT2D eigenvalue weighted by Gasteiger charge is 2.27. The number of likely N-dealkylation sites (N-methyl/N-ethyl adjacent to an activating group) is 1. The summed E-state index contributed by atoms with van der Waals surface area (Å²) in [5, 5.41) is 3.27. The first-order valence-electron chi connectivity index (χ1n) is 4.99. The summed E-state index contributed by atoms with van der Waals surface area (Å²) in [6, 6.07) is 0.468. The molecule has 2 rings (SSSR count). The van der Waals surface area contributed by atoms with Crippen LogP contribution >= 0.6 is 0 Å². The number of nitrogens with zero attached hydrogens (tertiary/aromatic N) is 2. The first-order valence-corrected chi connectivity index (χ1v) is 4.99. The van der Waals surface area contributed by atoms with Crippen molar-refractivity contribution in [3.63, 3.8) is 0 Å². The van der Waals surface area contributed by atoms with E-state index in [1.165, 1.54) is 19.2 Å². The van der Waals surface area contributed by atoms with Gasteiger partial charge in [0.2, 0.25) is 0 Å². The summed E-state index contributed by atoms with van der Waals surface area (Å²) in [5.74, 6) is 0.764. The Morgan fingerprint density at radius 3 is 2.86 bits per heavy atom. The molecule has 1 aromatic rings. The zero-order valence-corrected chi connectivity index (χ0v) is 8.31. The Kier molecular flexibility index (Phi) is 2.93. The molecule has 0 aliphatic heterocycles. The van der Waals surface area contributed by atoms with Gasteiger partial charge >= 0.3 is 0 Å². The van der Waals surface area contributed by atoms with Crippen molar-refractivity contribution < 1.29 is 4.74 Å². The van der Waals surface area contributed by atoms with Gasteiger partial charge in [0.25, 0.3) is 0 Å². The van der Waals surface area contributed by atoms with Gasteiger partial charge in [-0.15, -0.1) is 0 Å². The average Bonchev–Trinajstić information content (AvgIpc) is 2.67. The van der Waals surface area contributed by atoms with E-state index in [1.54, 1.807) is 12.4 Å². The van der Waals surface area contributed by atoms with Crippen LogP contribution in [0.4, 0.5) is 0 Å². The van der Waals surface area contributed by atoms with Crippen molar-refractivity contribution in [1.29, 1.82) is 0 Å².